The molecule has 1 N–H and O–H groups in total. The number of benzene rings is 2. The van der Waals surface area contributed by atoms with Gasteiger partial charge in [0, 0.05) is 13.1 Å². The Kier molecular flexibility index (Phi) is 4.88. The number of piperidine rings is 1. The van der Waals surface area contributed by atoms with E-state index in [0.717, 1.165) is 41.9 Å². The first kappa shape index (κ1) is 17.6. The van der Waals surface area contributed by atoms with Crippen LogP contribution in [-0.4, -0.2) is 36.0 Å². The maximum atomic E-state index is 13.3. The minimum absolute atomic E-state index is 0.186. The topological polar surface area (TPSA) is 59.0 Å². The van der Waals surface area contributed by atoms with Crippen LogP contribution in [-0.2, 0) is 6.42 Å². The second-order valence-corrected chi connectivity index (χ2v) is 7.16. The van der Waals surface area contributed by atoms with Gasteiger partial charge in [-0.3, -0.25) is 0 Å². The summed E-state index contributed by atoms with van der Waals surface area (Å²) in [5.74, 6) is 1.69. The highest BCUT2D eigenvalue weighted by Gasteiger charge is 2.32. The number of carbonyl (C=O) groups is 1. The number of halogens is 1. The lowest BCUT2D eigenvalue weighted by Crippen LogP contribution is -2.42. The summed E-state index contributed by atoms with van der Waals surface area (Å²) in [7, 11) is 0. The smallest absolute Gasteiger partial charge is 0.407 e. The monoisotopic (exact) mass is 371 g/mol. The number of likely N-dealkylation sites (tertiary alicyclic amines) is 1. The molecule has 1 fully saturated rings. The van der Waals surface area contributed by atoms with Crippen LogP contribution in [0.15, 0.2) is 42.5 Å². The fraction of sp³-hybridized carbons (Fsp3) is 0.381. The molecule has 2 aliphatic heterocycles. The first-order chi connectivity index (χ1) is 13.1. The van der Waals surface area contributed by atoms with Gasteiger partial charge >= 0.3 is 6.09 Å². The molecule has 2 atom stereocenters. The highest BCUT2D eigenvalue weighted by Crippen LogP contribution is 2.37. The summed E-state index contributed by atoms with van der Waals surface area (Å²) in [6.07, 6.45) is 1.56. The number of rotatable bonds is 4. The van der Waals surface area contributed by atoms with Crippen LogP contribution < -0.4 is 9.47 Å². The fourth-order valence-corrected chi connectivity index (χ4v) is 4.10. The van der Waals surface area contributed by atoms with E-state index in [2.05, 4.69) is 0 Å². The van der Waals surface area contributed by atoms with Gasteiger partial charge < -0.3 is 19.5 Å². The van der Waals surface area contributed by atoms with Crippen molar-refractivity contribution < 1.29 is 23.8 Å². The van der Waals surface area contributed by atoms with Crippen molar-refractivity contribution in [3.63, 3.8) is 0 Å². The molecule has 5 nitrogen and oxygen atoms in total. The van der Waals surface area contributed by atoms with E-state index in [1.165, 1.54) is 17.0 Å². The highest BCUT2D eigenvalue weighted by molar-refractivity contribution is 5.65. The molecule has 2 aromatic carbocycles. The van der Waals surface area contributed by atoms with E-state index in [4.69, 9.17) is 9.47 Å². The molecule has 1 amide bonds. The summed E-state index contributed by atoms with van der Waals surface area (Å²) < 4.78 is 24.1. The number of amides is 1. The first-order valence-electron chi connectivity index (χ1n) is 9.22. The van der Waals surface area contributed by atoms with E-state index in [1.807, 2.05) is 30.3 Å². The van der Waals surface area contributed by atoms with Crippen molar-refractivity contribution in [2.45, 2.75) is 25.2 Å². The number of ether oxygens (including phenoxy) is 2. The molecule has 27 heavy (non-hydrogen) atoms. The van der Waals surface area contributed by atoms with Crippen molar-refractivity contribution in [1.82, 2.24) is 4.90 Å². The maximum absolute atomic E-state index is 13.3. The second-order valence-electron chi connectivity index (χ2n) is 7.16. The quantitative estimate of drug-likeness (QED) is 0.872. The normalized spacial score (nSPS) is 21.3. The van der Waals surface area contributed by atoms with Gasteiger partial charge in [0.1, 0.15) is 5.82 Å². The summed E-state index contributed by atoms with van der Waals surface area (Å²) in [5, 5.41) is 9.39. The molecule has 142 valence electrons. The summed E-state index contributed by atoms with van der Waals surface area (Å²) in [6, 6.07) is 12.5. The predicted octanol–water partition coefficient (Wildman–Crippen LogP) is 4.27. The second kappa shape index (κ2) is 7.47. The largest absolute Gasteiger partial charge is 0.465 e. The van der Waals surface area contributed by atoms with Crippen LogP contribution in [0.2, 0.25) is 0 Å². The van der Waals surface area contributed by atoms with Crippen LogP contribution in [0.1, 0.15) is 29.9 Å². The van der Waals surface area contributed by atoms with Crippen molar-refractivity contribution in [1.29, 1.82) is 0 Å². The molecule has 2 heterocycles. The van der Waals surface area contributed by atoms with E-state index >= 15 is 0 Å². The molecular weight excluding hydrogens is 349 g/mol. The van der Waals surface area contributed by atoms with Crippen molar-refractivity contribution in [2.75, 3.05) is 19.9 Å². The van der Waals surface area contributed by atoms with Gasteiger partial charge in [-0.2, -0.15) is 0 Å². The molecule has 0 unspecified atom stereocenters. The summed E-state index contributed by atoms with van der Waals surface area (Å²) in [4.78, 5) is 12.9. The Morgan fingerprint density at radius 2 is 1.93 bits per heavy atom. The minimum Gasteiger partial charge on any atom is -0.465 e. The molecule has 2 aliphatic rings. The average molecular weight is 371 g/mol. The molecule has 0 aliphatic carbocycles. The molecular formula is C21H22FNO4. The molecule has 0 spiro atoms. The lowest BCUT2D eigenvalue weighted by atomic mass is 9.77. The van der Waals surface area contributed by atoms with E-state index in [1.54, 1.807) is 0 Å². The van der Waals surface area contributed by atoms with Crippen LogP contribution >= 0.6 is 0 Å². The van der Waals surface area contributed by atoms with Crippen LogP contribution in [0.4, 0.5) is 9.18 Å². The summed E-state index contributed by atoms with van der Waals surface area (Å²) in [5.41, 5.74) is 2.22. The predicted molar refractivity (Wildman–Crippen MR) is 97.7 cm³/mol. The SMILES string of the molecule is O=C(O)N1CC[C@@H](c2ccc(F)cc2)[C@H](CCc2ccc3c(c2)OCO3)C1. The van der Waals surface area contributed by atoms with Crippen molar-refractivity contribution in [3.05, 3.63) is 59.4 Å². The Labute approximate surface area is 157 Å². The molecule has 1 saturated heterocycles. The number of fused-ring (bicyclic) bond motifs is 1. The molecule has 0 radical (unpaired) electrons. The van der Waals surface area contributed by atoms with Crippen LogP contribution in [0.25, 0.3) is 0 Å². The van der Waals surface area contributed by atoms with Gasteiger partial charge in [0.05, 0.1) is 0 Å². The number of aryl methyl sites for hydroxylation is 1. The Hall–Kier alpha value is -2.76. The highest BCUT2D eigenvalue weighted by atomic mass is 19.1. The third-order valence-electron chi connectivity index (χ3n) is 5.54. The van der Waals surface area contributed by atoms with E-state index in [0.29, 0.717) is 13.1 Å². The summed E-state index contributed by atoms with van der Waals surface area (Å²) >= 11 is 0. The molecule has 6 heteroatoms. The third-order valence-corrected chi connectivity index (χ3v) is 5.54. The maximum Gasteiger partial charge on any atom is 0.407 e. The van der Waals surface area contributed by atoms with Crippen molar-refractivity contribution >= 4 is 6.09 Å². The Morgan fingerprint density at radius 1 is 1.15 bits per heavy atom. The Balaban J connectivity index is 1.49. The van der Waals surface area contributed by atoms with Gasteiger partial charge in [-0.1, -0.05) is 18.2 Å². The van der Waals surface area contributed by atoms with Gasteiger partial charge in [0.15, 0.2) is 11.5 Å². The lowest BCUT2D eigenvalue weighted by molar-refractivity contribution is 0.110. The number of hydrogen-bond donors (Lipinski definition) is 1. The summed E-state index contributed by atoms with van der Waals surface area (Å²) in [6.45, 7) is 1.27. The van der Waals surface area contributed by atoms with Gasteiger partial charge in [-0.15, -0.1) is 0 Å². The van der Waals surface area contributed by atoms with Gasteiger partial charge in [-0.25, -0.2) is 9.18 Å². The Bertz CT molecular complexity index is 823. The molecule has 0 saturated carbocycles. The molecule has 4 rings (SSSR count). The zero-order valence-electron chi connectivity index (χ0n) is 14.9. The van der Waals surface area contributed by atoms with Crippen LogP contribution in [0, 0.1) is 11.7 Å². The Morgan fingerprint density at radius 3 is 2.70 bits per heavy atom. The van der Waals surface area contributed by atoms with Gasteiger partial charge in [0.25, 0.3) is 0 Å². The number of hydrogen-bond acceptors (Lipinski definition) is 3. The molecule has 2 aromatic rings. The number of carboxylic acid groups (broad SMARTS) is 1. The molecule has 0 aromatic heterocycles. The van der Waals surface area contributed by atoms with E-state index in [9.17, 15) is 14.3 Å². The standard InChI is InChI=1S/C21H22FNO4/c22-17-6-4-15(5-7-17)18-9-10-23(21(24)25)12-16(18)3-1-14-2-8-19-20(11-14)27-13-26-19/h2,4-8,11,16,18H,1,3,9-10,12-13H2,(H,24,25)/t16-,18+/m1/s1. The first-order valence-corrected chi connectivity index (χ1v) is 9.22. The van der Waals surface area contributed by atoms with Gasteiger partial charge in [0.2, 0.25) is 6.79 Å². The average Bonchev–Trinajstić information content (AvgIpc) is 3.14. The van der Waals surface area contributed by atoms with E-state index < -0.39 is 6.09 Å². The zero-order chi connectivity index (χ0) is 18.8. The zero-order valence-corrected chi connectivity index (χ0v) is 14.9. The van der Waals surface area contributed by atoms with Crippen molar-refractivity contribution in [2.24, 2.45) is 5.92 Å². The molecule has 0 bridgehead atoms. The minimum atomic E-state index is -0.874. The van der Waals surface area contributed by atoms with Gasteiger partial charge in [-0.05, 0) is 66.5 Å². The number of nitrogens with zero attached hydrogens (tertiary/aromatic N) is 1. The fourth-order valence-electron chi connectivity index (χ4n) is 4.10. The third kappa shape index (κ3) is 3.84. The van der Waals surface area contributed by atoms with E-state index in [-0.39, 0.29) is 24.4 Å². The lowest BCUT2D eigenvalue weighted by Gasteiger charge is -2.37. The van der Waals surface area contributed by atoms with Crippen molar-refractivity contribution in [3.8, 4) is 11.5 Å². The van der Waals surface area contributed by atoms with Crippen LogP contribution in [0.5, 0.6) is 11.5 Å². The van der Waals surface area contributed by atoms with Crippen LogP contribution in [0.3, 0.4) is 0 Å².